The fourth-order valence-corrected chi connectivity index (χ4v) is 1.82. The van der Waals surface area contributed by atoms with Crippen LogP contribution in [-0.4, -0.2) is 33.9 Å². The molecule has 1 amide bonds. The molecule has 2 rings (SSSR count). The van der Waals surface area contributed by atoms with Crippen molar-refractivity contribution in [3.63, 3.8) is 0 Å². The molecule has 2 aromatic rings. The number of halogens is 3. The lowest BCUT2D eigenvalue weighted by Gasteiger charge is -2.10. The molecule has 114 valence electrons. The Hall–Kier alpha value is -2.32. The monoisotopic (exact) mass is 301 g/mol. The first-order valence-electron chi connectivity index (χ1n) is 6.20. The summed E-state index contributed by atoms with van der Waals surface area (Å²) in [5, 5.41) is 5.80. The molecule has 2 aromatic heterocycles. The molecule has 0 fully saturated rings. The number of nitrogens with zero attached hydrogens (tertiary/aromatic N) is 2. The third-order valence-corrected chi connectivity index (χ3v) is 2.67. The third-order valence-electron chi connectivity index (χ3n) is 2.67. The maximum absolute atomic E-state index is 12.8. The molecule has 6 nitrogen and oxygen atoms in total. The quantitative estimate of drug-likeness (QED) is 0.752. The summed E-state index contributed by atoms with van der Waals surface area (Å²) in [7, 11) is 0. The molecule has 9 heteroatoms. The second-order valence-corrected chi connectivity index (χ2v) is 4.52. The Bertz CT molecular complexity index is 665. The average molecular weight is 301 g/mol. The van der Waals surface area contributed by atoms with Crippen LogP contribution in [0.4, 0.5) is 19.0 Å². The van der Waals surface area contributed by atoms with Crippen molar-refractivity contribution in [1.29, 1.82) is 0 Å². The zero-order valence-electron chi connectivity index (χ0n) is 11.4. The number of carbonyl (C=O) groups is 1. The summed E-state index contributed by atoms with van der Waals surface area (Å²) in [5.41, 5.74) is 0.806. The maximum Gasteiger partial charge on any atom is 0.451 e. The molecular weight excluding hydrogens is 287 g/mol. The van der Waals surface area contributed by atoms with Crippen molar-refractivity contribution in [2.24, 2.45) is 0 Å². The molecule has 0 saturated carbocycles. The zero-order chi connectivity index (χ0) is 15.6. The van der Waals surface area contributed by atoms with Crippen LogP contribution in [0.1, 0.15) is 18.4 Å². The number of aryl methyl sites for hydroxylation is 1. The van der Waals surface area contributed by atoms with Crippen molar-refractivity contribution >= 4 is 22.8 Å². The topological polar surface area (TPSA) is 82.7 Å². The summed E-state index contributed by atoms with van der Waals surface area (Å²) < 4.78 is 38.3. The van der Waals surface area contributed by atoms with E-state index in [0.29, 0.717) is 11.1 Å². The summed E-state index contributed by atoms with van der Waals surface area (Å²) in [6, 6.07) is 1.66. The molecule has 0 spiro atoms. The van der Waals surface area contributed by atoms with Gasteiger partial charge in [0.05, 0.1) is 5.39 Å². The van der Waals surface area contributed by atoms with Gasteiger partial charge in [0.15, 0.2) is 0 Å². The Labute approximate surface area is 118 Å². The van der Waals surface area contributed by atoms with E-state index in [4.69, 9.17) is 0 Å². The number of aromatic nitrogens is 3. The zero-order valence-corrected chi connectivity index (χ0v) is 11.4. The van der Waals surface area contributed by atoms with Crippen molar-refractivity contribution in [2.75, 3.05) is 18.4 Å². The molecule has 0 aliphatic carbocycles. The number of amides is 1. The van der Waals surface area contributed by atoms with Crippen LogP contribution in [-0.2, 0) is 11.0 Å². The first-order valence-corrected chi connectivity index (χ1v) is 6.20. The fraction of sp³-hybridized carbons (Fsp3) is 0.417. The van der Waals surface area contributed by atoms with Gasteiger partial charge in [0.2, 0.25) is 11.7 Å². The molecule has 3 N–H and O–H groups in total. The molecular formula is C12H14F3N5O. The van der Waals surface area contributed by atoms with Crippen molar-refractivity contribution in [3.8, 4) is 0 Å². The highest BCUT2D eigenvalue weighted by Crippen LogP contribution is 2.30. The second-order valence-electron chi connectivity index (χ2n) is 4.52. The first kappa shape index (κ1) is 15.1. The predicted octanol–water partition coefficient (Wildman–Crippen LogP) is 1.83. The number of hydrogen-bond donors (Lipinski definition) is 3. The van der Waals surface area contributed by atoms with Crippen molar-refractivity contribution < 1.29 is 18.0 Å². The van der Waals surface area contributed by atoms with E-state index in [1.165, 1.54) is 6.92 Å². The highest BCUT2D eigenvalue weighted by atomic mass is 19.4. The number of anilines is 1. The number of H-pyrrole nitrogens is 1. The van der Waals surface area contributed by atoms with Gasteiger partial charge in [-0.1, -0.05) is 0 Å². The Kier molecular flexibility index (Phi) is 4.01. The third kappa shape index (κ3) is 3.61. The van der Waals surface area contributed by atoms with Crippen LogP contribution >= 0.6 is 0 Å². The summed E-state index contributed by atoms with van der Waals surface area (Å²) in [4.78, 5) is 20.5. The van der Waals surface area contributed by atoms with Gasteiger partial charge in [-0.25, -0.2) is 9.97 Å². The van der Waals surface area contributed by atoms with Gasteiger partial charge >= 0.3 is 6.18 Å². The SMILES string of the molecule is CC(=O)NCCNc1nc(C(F)(F)F)nc2[nH]c(C)cc12. The van der Waals surface area contributed by atoms with Crippen molar-refractivity contribution in [1.82, 2.24) is 20.3 Å². The van der Waals surface area contributed by atoms with E-state index >= 15 is 0 Å². The summed E-state index contributed by atoms with van der Waals surface area (Å²) in [6.45, 7) is 3.62. The number of carbonyl (C=O) groups excluding carboxylic acids is 1. The fourth-order valence-electron chi connectivity index (χ4n) is 1.82. The van der Waals surface area contributed by atoms with E-state index in [1.54, 1.807) is 13.0 Å². The maximum atomic E-state index is 12.8. The van der Waals surface area contributed by atoms with E-state index in [0.717, 1.165) is 0 Å². The van der Waals surface area contributed by atoms with E-state index < -0.39 is 12.0 Å². The minimum absolute atomic E-state index is 0.0852. The molecule has 0 radical (unpaired) electrons. The first-order chi connectivity index (χ1) is 9.77. The minimum atomic E-state index is -4.62. The number of rotatable bonds is 4. The number of aromatic amines is 1. The lowest BCUT2D eigenvalue weighted by molar-refractivity contribution is -0.144. The van der Waals surface area contributed by atoms with Gasteiger partial charge in [0.25, 0.3) is 0 Å². The molecule has 0 atom stereocenters. The number of alkyl halides is 3. The standard InChI is InChI=1S/C12H14F3N5O/c1-6-5-8-9(17-4-3-16-7(2)21)19-11(12(13,14)15)20-10(8)18-6/h5H,3-4H2,1-2H3,(H,16,21)(H2,17,18,19,20). The van der Waals surface area contributed by atoms with Gasteiger partial charge in [0, 0.05) is 25.7 Å². The minimum Gasteiger partial charge on any atom is -0.368 e. The van der Waals surface area contributed by atoms with Gasteiger partial charge < -0.3 is 15.6 Å². The van der Waals surface area contributed by atoms with Crippen LogP contribution in [0.5, 0.6) is 0 Å². The van der Waals surface area contributed by atoms with E-state index in [2.05, 4.69) is 25.6 Å². The van der Waals surface area contributed by atoms with E-state index in [9.17, 15) is 18.0 Å². The Morgan fingerprint density at radius 1 is 1.33 bits per heavy atom. The molecule has 0 saturated heterocycles. The summed E-state index contributed by atoms with van der Waals surface area (Å²) in [5.74, 6) is -1.33. The van der Waals surface area contributed by atoms with E-state index in [-0.39, 0.29) is 30.5 Å². The smallest absolute Gasteiger partial charge is 0.368 e. The van der Waals surface area contributed by atoms with Crippen LogP contribution in [0.3, 0.4) is 0 Å². The Morgan fingerprint density at radius 3 is 2.67 bits per heavy atom. The summed E-state index contributed by atoms with van der Waals surface area (Å²) >= 11 is 0. The molecule has 0 unspecified atom stereocenters. The second kappa shape index (κ2) is 5.58. The Balaban J connectivity index is 2.29. The highest BCUT2D eigenvalue weighted by Gasteiger charge is 2.35. The van der Waals surface area contributed by atoms with Gasteiger partial charge in [-0.2, -0.15) is 13.2 Å². The average Bonchev–Trinajstić information content (AvgIpc) is 2.73. The highest BCUT2D eigenvalue weighted by molar-refractivity contribution is 5.88. The molecule has 0 aromatic carbocycles. The lowest BCUT2D eigenvalue weighted by Crippen LogP contribution is -2.26. The van der Waals surface area contributed by atoms with Crippen LogP contribution in [0.25, 0.3) is 11.0 Å². The van der Waals surface area contributed by atoms with Gasteiger partial charge in [-0.3, -0.25) is 4.79 Å². The van der Waals surface area contributed by atoms with Crippen molar-refractivity contribution in [2.45, 2.75) is 20.0 Å². The summed E-state index contributed by atoms with van der Waals surface area (Å²) in [6.07, 6.45) is -4.62. The van der Waals surface area contributed by atoms with Gasteiger partial charge in [-0.05, 0) is 13.0 Å². The Morgan fingerprint density at radius 2 is 2.05 bits per heavy atom. The van der Waals surface area contributed by atoms with E-state index in [1.807, 2.05) is 0 Å². The number of nitrogens with one attached hydrogen (secondary N) is 3. The molecule has 0 bridgehead atoms. The van der Waals surface area contributed by atoms with Crippen LogP contribution in [0.2, 0.25) is 0 Å². The molecule has 0 aliphatic rings. The van der Waals surface area contributed by atoms with Gasteiger partial charge in [-0.15, -0.1) is 0 Å². The molecule has 0 aliphatic heterocycles. The van der Waals surface area contributed by atoms with Crippen molar-refractivity contribution in [3.05, 3.63) is 17.6 Å². The molecule has 21 heavy (non-hydrogen) atoms. The number of fused-ring (bicyclic) bond motifs is 1. The van der Waals surface area contributed by atoms with Crippen LogP contribution in [0, 0.1) is 6.92 Å². The van der Waals surface area contributed by atoms with Crippen LogP contribution < -0.4 is 10.6 Å². The normalized spacial score (nSPS) is 11.7. The number of hydrogen-bond acceptors (Lipinski definition) is 4. The largest absolute Gasteiger partial charge is 0.451 e. The predicted molar refractivity (Wildman–Crippen MR) is 70.8 cm³/mol. The van der Waals surface area contributed by atoms with Crippen LogP contribution in [0.15, 0.2) is 6.07 Å². The molecule has 2 heterocycles. The van der Waals surface area contributed by atoms with Gasteiger partial charge in [0.1, 0.15) is 11.5 Å². The lowest BCUT2D eigenvalue weighted by atomic mass is 10.3.